The van der Waals surface area contributed by atoms with Gasteiger partial charge in [-0.2, -0.15) is 0 Å². The molecule has 0 heterocycles. The molecule has 0 saturated heterocycles. The molecule has 0 amide bonds. The third kappa shape index (κ3) is 7.77. The highest BCUT2D eigenvalue weighted by Crippen LogP contribution is 2.05. The normalized spacial score (nSPS) is 13.4. The third-order valence-corrected chi connectivity index (χ3v) is 3.05. The van der Waals surface area contributed by atoms with Crippen molar-refractivity contribution in [1.29, 1.82) is 0 Å². The highest BCUT2D eigenvalue weighted by Gasteiger charge is 2.04. The molecule has 2 N–H and O–H groups in total. The molecule has 1 atom stereocenters. The van der Waals surface area contributed by atoms with Gasteiger partial charge in [0.15, 0.2) is 0 Å². The number of rotatable bonds is 10. The van der Waals surface area contributed by atoms with Gasteiger partial charge in [-0.05, 0) is 32.0 Å². The van der Waals surface area contributed by atoms with Gasteiger partial charge in [0, 0.05) is 19.7 Å². The van der Waals surface area contributed by atoms with Crippen LogP contribution in [0, 0.1) is 5.92 Å². The maximum Gasteiger partial charge on any atom is 0.0434 e. The maximum atomic E-state index is 8.85. The third-order valence-electron chi connectivity index (χ3n) is 3.05. The average molecular weight is 216 g/mol. The Morgan fingerprint density at radius 1 is 1.20 bits per heavy atom. The van der Waals surface area contributed by atoms with Crippen molar-refractivity contribution in [1.82, 2.24) is 10.2 Å². The molecular weight excluding hydrogens is 188 g/mol. The lowest BCUT2D eigenvalue weighted by atomic mass is 10.0. The van der Waals surface area contributed by atoms with Crippen LogP contribution >= 0.6 is 0 Å². The first-order valence-corrected chi connectivity index (χ1v) is 6.32. The van der Waals surface area contributed by atoms with E-state index in [-0.39, 0.29) is 0 Å². The summed E-state index contributed by atoms with van der Waals surface area (Å²) in [6.45, 7) is 12.4. The highest BCUT2D eigenvalue weighted by atomic mass is 16.3. The molecule has 0 aliphatic heterocycles. The van der Waals surface area contributed by atoms with Crippen molar-refractivity contribution in [2.45, 2.75) is 33.6 Å². The van der Waals surface area contributed by atoms with Gasteiger partial charge in [-0.15, -0.1) is 0 Å². The largest absolute Gasteiger partial charge is 0.396 e. The summed E-state index contributed by atoms with van der Waals surface area (Å²) in [5.74, 6) is 0.631. The van der Waals surface area contributed by atoms with Gasteiger partial charge in [-0.25, -0.2) is 0 Å². The van der Waals surface area contributed by atoms with Gasteiger partial charge in [0.25, 0.3) is 0 Å². The summed E-state index contributed by atoms with van der Waals surface area (Å²) >= 11 is 0. The fraction of sp³-hybridized carbons (Fsp3) is 1.00. The zero-order chi connectivity index (χ0) is 11.5. The number of likely N-dealkylation sites (N-methyl/N-ethyl adjacent to an activating group) is 1. The first kappa shape index (κ1) is 14.9. The summed E-state index contributed by atoms with van der Waals surface area (Å²) in [6, 6.07) is 0. The average Bonchev–Trinajstić information content (AvgIpc) is 2.28. The van der Waals surface area contributed by atoms with Gasteiger partial charge in [0.2, 0.25) is 0 Å². The Morgan fingerprint density at radius 3 is 2.33 bits per heavy atom. The Hall–Kier alpha value is -0.120. The molecular formula is C12H28N2O. The minimum absolute atomic E-state index is 0.316. The second kappa shape index (κ2) is 10.4. The van der Waals surface area contributed by atoms with Crippen LogP contribution in [0.4, 0.5) is 0 Å². The molecule has 0 spiro atoms. The van der Waals surface area contributed by atoms with E-state index in [1.807, 2.05) is 0 Å². The molecule has 0 aromatic carbocycles. The Kier molecular flexibility index (Phi) is 10.3. The summed E-state index contributed by atoms with van der Waals surface area (Å²) in [7, 11) is 0. The van der Waals surface area contributed by atoms with E-state index in [0.29, 0.717) is 12.5 Å². The number of aliphatic hydroxyl groups excluding tert-OH is 1. The standard InChI is InChI=1S/C12H28N2O/c1-4-12(7-10-15)11-13-8-9-14(5-2)6-3/h12-13,15H,4-11H2,1-3H3. The van der Waals surface area contributed by atoms with E-state index in [1.54, 1.807) is 0 Å². The molecule has 0 fully saturated rings. The molecule has 0 aliphatic carbocycles. The van der Waals surface area contributed by atoms with Crippen LogP contribution < -0.4 is 5.32 Å². The maximum absolute atomic E-state index is 8.85. The van der Waals surface area contributed by atoms with Crippen LogP contribution in [0.25, 0.3) is 0 Å². The molecule has 92 valence electrons. The molecule has 0 rings (SSSR count). The van der Waals surface area contributed by atoms with Crippen molar-refractivity contribution in [3.05, 3.63) is 0 Å². The predicted octanol–water partition coefficient (Wildman–Crippen LogP) is 1.33. The van der Waals surface area contributed by atoms with Crippen LogP contribution in [-0.2, 0) is 0 Å². The fourth-order valence-corrected chi connectivity index (χ4v) is 1.72. The second-order valence-corrected chi connectivity index (χ2v) is 4.02. The number of hydrogen-bond donors (Lipinski definition) is 2. The van der Waals surface area contributed by atoms with Gasteiger partial charge < -0.3 is 15.3 Å². The first-order chi connectivity index (χ1) is 7.28. The second-order valence-electron chi connectivity index (χ2n) is 4.02. The van der Waals surface area contributed by atoms with Crippen LogP contribution in [0.1, 0.15) is 33.6 Å². The van der Waals surface area contributed by atoms with E-state index in [2.05, 4.69) is 31.0 Å². The van der Waals surface area contributed by atoms with E-state index in [9.17, 15) is 0 Å². The molecule has 1 unspecified atom stereocenters. The van der Waals surface area contributed by atoms with Gasteiger partial charge in [0.05, 0.1) is 0 Å². The van der Waals surface area contributed by atoms with Crippen LogP contribution in [0.5, 0.6) is 0 Å². The quantitative estimate of drug-likeness (QED) is 0.541. The van der Waals surface area contributed by atoms with E-state index in [0.717, 1.165) is 45.6 Å². The van der Waals surface area contributed by atoms with Crippen LogP contribution in [0.2, 0.25) is 0 Å². The summed E-state index contributed by atoms with van der Waals surface area (Å²) in [5, 5.41) is 12.3. The summed E-state index contributed by atoms with van der Waals surface area (Å²) in [4.78, 5) is 2.42. The van der Waals surface area contributed by atoms with Crippen molar-refractivity contribution in [3.8, 4) is 0 Å². The van der Waals surface area contributed by atoms with Gasteiger partial charge in [-0.3, -0.25) is 0 Å². The number of aliphatic hydroxyl groups is 1. The Labute approximate surface area is 94.9 Å². The van der Waals surface area contributed by atoms with Crippen LogP contribution in [-0.4, -0.2) is 49.3 Å². The first-order valence-electron chi connectivity index (χ1n) is 6.32. The zero-order valence-electron chi connectivity index (χ0n) is 10.6. The Balaban J connectivity index is 3.42. The van der Waals surface area contributed by atoms with Crippen LogP contribution in [0.3, 0.4) is 0 Å². The van der Waals surface area contributed by atoms with Crippen molar-refractivity contribution in [2.75, 3.05) is 39.3 Å². The van der Waals surface area contributed by atoms with E-state index in [4.69, 9.17) is 5.11 Å². The molecule has 3 nitrogen and oxygen atoms in total. The molecule has 3 heteroatoms. The van der Waals surface area contributed by atoms with E-state index in [1.165, 1.54) is 0 Å². The molecule has 0 aliphatic rings. The predicted molar refractivity (Wildman–Crippen MR) is 66.1 cm³/mol. The molecule has 15 heavy (non-hydrogen) atoms. The molecule has 0 saturated carbocycles. The highest BCUT2D eigenvalue weighted by molar-refractivity contribution is 4.62. The number of hydrogen-bond acceptors (Lipinski definition) is 3. The van der Waals surface area contributed by atoms with Crippen molar-refractivity contribution >= 4 is 0 Å². The molecule has 0 bridgehead atoms. The van der Waals surface area contributed by atoms with Crippen molar-refractivity contribution in [3.63, 3.8) is 0 Å². The monoisotopic (exact) mass is 216 g/mol. The topological polar surface area (TPSA) is 35.5 Å². The summed E-state index contributed by atoms with van der Waals surface area (Å²) in [5.41, 5.74) is 0. The van der Waals surface area contributed by atoms with E-state index < -0.39 is 0 Å². The lowest BCUT2D eigenvalue weighted by Gasteiger charge is -2.19. The summed E-state index contributed by atoms with van der Waals surface area (Å²) < 4.78 is 0. The van der Waals surface area contributed by atoms with Crippen LogP contribution in [0.15, 0.2) is 0 Å². The number of nitrogens with zero attached hydrogens (tertiary/aromatic N) is 1. The Bertz CT molecular complexity index is 127. The summed E-state index contributed by atoms with van der Waals surface area (Å²) in [6.07, 6.45) is 2.08. The lowest BCUT2D eigenvalue weighted by Crippen LogP contribution is -2.34. The fourth-order valence-electron chi connectivity index (χ4n) is 1.72. The van der Waals surface area contributed by atoms with E-state index >= 15 is 0 Å². The molecule has 0 aromatic rings. The minimum Gasteiger partial charge on any atom is -0.396 e. The molecule has 0 aromatic heterocycles. The van der Waals surface area contributed by atoms with Gasteiger partial charge in [-0.1, -0.05) is 27.2 Å². The number of nitrogens with one attached hydrogen (secondary N) is 1. The lowest BCUT2D eigenvalue weighted by molar-refractivity contribution is 0.248. The minimum atomic E-state index is 0.316. The Morgan fingerprint density at radius 2 is 1.87 bits per heavy atom. The van der Waals surface area contributed by atoms with Crippen molar-refractivity contribution < 1.29 is 5.11 Å². The van der Waals surface area contributed by atoms with Crippen molar-refractivity contribution in [2.24, 2.45) is 5.92 Å². The zero-order valence-corrected chi connectivity index (χ0v) is 10.6. The molecule has 0 radical (unpaired) electrons. The van der Waals surface area contributed by atoms with Gasteiger partial charge in [0.1, 0.15) is 0 Å². The SMILES string of the molecule is CCC(CCO)CNCCN(CC)CC. The smallest absolute Gasteiger partial charge is 0.0434 e. The van der Waals surface area contributed by atoms with Gasteiger partial charge >= 0.3 is 0 Å².